The second kappa shape index (κ2) is 6.74. The Morgan fingerprint density at radius 2 is 2.11 bits per heavy atom. The first-order valence-electron chi connectivity index (χ1n) is 7.23. The van der Waals surface area contributed by atoms with Crippen LogP contribution in [0.3, 0.4) is 0 Å². The molecule has 100 valence electrons. The van der Waals surface area contributed by atoms with Gasteiger partial charge in [0.05, 0.1) is 0 Å². The molecule has 0 radical (unpaired) electrons. The van der Waals surface area contributed by atoms with Gasteiger partial charge in [-0.05, 0) is 43.4 Å². The number of pyridine rings is 1. The zero-order valence-corrected chi connectivity index (χ0v) is 11.4. The lowest BCUT2D eigenvalue weighted by molar-refractivity contribution is 0.377. The average Bonchev–Trinajstić information content (AvgIpc) is 2.41. The van der Waals surface area contributed by atoms with E-state index in [4.69, 9.17) is 5.73 Å². The highest BCUT2D eigenvalue weighted by molar-refractivity contribution is 5.39. The first-order chi connectivity index (χ1) is 8.83. The van der Waals surface area contributed by atoms with Crippen molar-refractivity contribution < 1.29 is 0 Å². The zero-order chi connectivity index (χ0) is 12.8. The fraction of sp³-hybridized carbons (Fsp3) is 0.667. The maximum absolute atomic E-state index is 5.55. The lowest BCUT2D eigenvalue weighted by Crippen LogP contribution is -2.34. The van der Waals surface area contributed by atoms with Gasteiger partial charge in [-0.1, -0.05) is 25.8 Å². The highest BCUT2D eigenvalue weighted by Gasteiger charge is 2.19. The van der Waals surface area contributed by atoms with Crippen LogP contribution in [0.25, 0.3) is 0 Å². The molecule has 2 N–H and O–H groups in total. The van der Waals surface area contributed by atoms with Crippen molar-refractivity contribution in [2.45, 2.75) is 39.0 Å². The van der Waals surface area contributed by atoms with Gasteiger partial charge in [0, 0.05) is 19.3 Å². The van der Waals surface area contributed by atoms with Crippen molar-refractivity contribution in [3.63, 3.8) is 0 Å². The van der Waals surface area contributed by atoms with Gasteiger partial charge in [0.1, 0.15) is 5.82 Å². The van der Waals surface area contributed by atoms with Gasteiger partial charge in [0.15, 0.2) is 0 Å². The van der Waals surface area contributed by atoms with Crippen molar-refractivity contribution in [2.24, 2.45) is 11.7 Å². The van der Waals surface area contributed by atoms with E-state index in [0.29, 0.717) is 6.54 Å². The first kappa shape index (κ1) is 13.3. The van der Waals surface area contributed by atoms with E-state index >= 15 is 0 Å². The fourth-order valence-corrected chi connectivity index (χ4v) is 2.78. The Morgan fingerprint density at radius 3 is 2.67 bits per heavy atom. The average molecular weight is 247 g/mol. The summed E-state index contributed by atoms with van der Waals surface area (Å²) >= 11 is 0. The molecule has 0 atom stereocenters. The Bertz CT molecular complexity index is 339. The molecule has 1 aliphatic rings. The van der Waals surface area contributed by atoms with E-state index in [1.807, 2.05) is 6.20 Å². The second-order valence-electron chi connectivity index (χ2n) is 5.28. The molecule has 0 amide bonds. The van der Waals surface area contributed by atoms with Crippen molar-refractivity contribution in [1.82, 2.24) is 4.98 Å². The minimum absolute atomic E-state index is 0.698. The molecule has 18 heavy (non-hydrogen) atoms. The Kier molecular flexibility index (Phi) is 5.00. The molecular formula is C15H25N3. The number of anilines is 1. The molecule has 1 aromatic rings. The summed E-state index contributed by atoms with van der Waals surface area (Å²) in [5.41, 5.74) is 6.79. The molecular weight excluding hydrogens is 222 g/mol. The molecule has 0 spiro atoms. The Labute approximate surface area is 110 Å². The molecule has 0 unspecified atom stereocenters. The number of nitrogens with two attached hydrogens (primary N) is 1. The van der Waals surface area contributed by atoms with E-state index in [0.717, 1.165) is 31.2 Å². The number of rotatable bonds is 5. The molecule has 2 heterocycles. The molecule has 2 rings (SSSR count). The summed E-state index contributed by atoms with van der Waals surface area (Å²) in [4.78, 5) is 6.98. The third-order valence-corrected chi connectivity index (χ3v) is 3.88. The van der Waals surface area contributed by atoms with Gasteiger partial charge in [-0.25, -0.2) is 4.98 Å². The van der Waals surface area contributed by atoms with E-state index in [9.17, 15) is 0 Å². The summed E-state index contributed by atoms with van der Waals surface area (Å²) in [6, 6.07) is 4.30. The standard InChI is InChI=1S/C15H25N3/c1-2-3-13-7-10-18(11-8-13)15-5-4-14(6-9-16)12-17-15/h4-5,12-13H,2-3,6-11,16H2,1H3. The predicted octanol–water partition coefficient (Wildman–Crippen LogP) is 2.60. The number of hydrogen-bond acceptors (Lipinski definition) is 3. The van der Waals surface area contributed by atoms with E-state index in [1.165, 1.54) is 31.2 Å². The third kappa shape index (κ3) is 3.45. The fourth-order valence-electron chi connectivity index (χ4n) is 2.78. The van der Waals surface area contributed by atoms with Gasteiger partial charge in [0.2, 0.25) is 0 Å². The van der Waals surface area contributed by atoms with Gasteiger partial charge in [-0.15, -0.1) is 0 Å². The molecule has 1 aliphatic heterocycles. The van der Waals surface area contributed by atoms with Crippen LogP contribution < -0.4 is 10.6 Å². The van der Waals surface area contributed by atoms with E-state index in [1.54, 1.807) is 0 Å². The first-order valence-corrected chi connectivity index (χ1v) is 7.23. The van der Waals surface area contributed by atoms with Crippen molar-refractivity contribution in [3.8, 4) is 0 Å². The number of nitrogens with zero attached hydrogens (tertiary/aromatic N) is 2. The maximum Gasteiger partial charge on any atom is 0.128 e. The van der Waals surface area contributed by atoms with Crippen LogP contribution in [0.5, 0.6) is 0 Å². The van der Waals surface area contributed by atoms with Crippen LogP contribution in [0.1, 0.15) is 38.2 Å². The third-order valence-electron chi connectivity index (χ3n) is 3.88. The molecule has 1 aromatic heterocycles. The van der Waals surface area contributed by atoms with Gasteiger partial charge >= 0.3 is 0 Å². The molecule has 3 heteroatoms. The lowest BCUT2D eigenvalue weighted by Gasteiger charge is -2.32. The number of piperidine rings is 1. The maximum atomic E-state index is 5.55. The molecule has 0 bridgehead atoms. The van der Waals surface area contributed by atoms with Crippen molar-refractivity contribution in [3.05, 3.63) is 23.9 Å². The SMILES string of the molecule is CCCC1CCN(c2ccc(CCN)cn2)CC1. The van der Waals surface area contributed by atoms with Crippen molar-refractivity contribution >= 4 is 5.82 Å². The monoisotopic (exact) mass is 247 g/mol. The van der Waals surface area contributed by atoms with Gasteiger partial charge in [-0.2, -0.15) is 0 Å². The Morgan fingerprint density at radius 1 is 1.33 bits per heavy atom. The minimum Gasteiger partial charge on any atom is -0.357 e. The molecule has 1 fully saturated rings. The van der Waals surface area contributed by atoms with Crippen LogP contribution in [0.2, 0.25) is 0 Å². The Hall–Kier alpha value is -1.09. The molecule has 0 aromatic carbocycles. The number of aromatic nitrogens is 1. The van der Waals surface area contributed by atoms with Gasteiger partial charge < -0.3 is 10.6 Å². The summed E-state index contributed by atoms with van der Waals surface area (Å²) in [7, 11) is 0. The van der Waals surface area contributed by atoms with Crippen LogP contribution in [-0.2, 0) is 6.42 Å². The summed E-state index contributed by atoms with van der Waals surface area (Å²) < 4.78 is 0. The summed E-state index contributed by atoms with van der Waals surface area (Å²) in [6.07, 6.45) is 8.24. The summed E-state index contributed by atoms with van der Waals surface area (Å²) in [6.45, 7) is 5.30. The molecule has 3 nitrogen and oxygen atoms in total. The number of hydrogen-bond donors (Lipinski definition) is 1. The normalized spacial score (nSPS) is 17.1. The van der Waals surface area contributed by atoms with Crippen molar-refractivity contribution in [2.75, 3.05) is 24.5 Å². The van der Waals surface area contributed by atoms with Crippen LogP contribution >= 0.6 is 0 Å². The Balaban J connectivity index is 1.89. The smallest absolute Gasteiger partial charge is 0.128 e. The van der Waals surface area contributed by atoms with Crippen LogP contribution in [0.4, 0.5) is 5.82 Å². The molecule has 0 aliphatic carbocycles. The van der Waals surface area contributed by atoms with E-state index in [-0.39, 0.29) is 0 Å². The summed E-state index contributed by atoms with van der Waals surface area (Å²) in [5, 5.41) is 0. The predicted molar refractivity (Wildman–Crippen MR) is 76.8 cm³/mol. The topological polar surface area (TPSA) is 42.1 Å². The molecule has 1 saturated heterocycles. The van der Waals surface area contributed by atoms with Crippen LogP contribution in [0, 0.1) is 5.92 Å². The summed E-state index contributed by atoms with van der Waals surface area (Å²) in [5.74, 6) is 2.06. The minimum atomic E-state index is 0.698. The highest BCUT2D eigenvalue weighted by atomic mass is 15.2. The largest absolute Gasteiger partial charge is 0.357 e. The van der Waals surface area contributed by atoms with Gasteiger partial charge in [-0.3, -0.25) is 0 Å². The van der Waals surface area contributed by atoms with Crippen LogP contribution in [-0.4, -0.2) is 24.6 Å². The molecule has 0 saturated carbocycles. The van der Waals surface area contributed by atoms with E-state index < -0.39 is 0 Å². The van der Waals surface area contributed by atoms with Crippen LogP contribution in [0.15, 0.2) is 18.3 Å². The highest BCUT2D eigenvalue weighted by Crippen LogP contribution is 2.24. The zero-order valence-electron chi connectivity index (χ0n) is 11.4. The quantitative estimate of drug-likeness (QED) is 0.869. The van der Waals surface area contributed by atoms with Crippen molar-refractivity contribution in [1.29, 1.82) is 0 Å². The van der Waals surface area contributed by atoms with E-state index in [2.05, 4.69) is 28.9 Å². The second-order valence-corrected chi connectivity index (χ2v) is 5.28. The lowest BCUT2D eigenvalue weighted by atomic mass is 9.92. The van der Waals surface area contributed by atoms with Gasteiger partial charge in [0.25, 0.3) is 0 Å².